The summed E-state index contributed by atoms with van der Waals surface area (Å²) in [5, 5.41) is 11.2. The average molecular weight is 414 g/mol. The maximum atomic E-state index is 13.0. The van der Waals surface area contributed by atoms with Crippen LogP contribution < -0.4 is 0 Å². The third-order valence-electron chi connectivity index (χ3n) is 4.29. The first kappa shape index (κ1) is 21.6. The van der Waals surface area contributed by atoms with Crippen molar-refractivity contribution in [2.24, 2.45) is 0 Å². The van der Waals surface area contributed by atoms with Gasteiger partial charge >= 0.3 is 12.1 Å². The molecule has 0 spiro atoms. The monoisotopic (exact) mass is 414 g/mol. The summed E-state index contributed by atoms with van der Waals surface area (Å²) in [6.45, 7) is 8.89. The quantitative estimate of drug-likeness (QED) is 0.632. The van der Waals surface area contributed by atoms with Crippen molar-refractivity contribution in [1.29, 1.82) is 0 Å². The maximum absolute atomic E-state index is 13.0. The van der Waals surface area contributed by atoms with Crippen molar-refractivity contribution in [3.63, 3.8) is 0 Å². The van der Waals surface area contributed by atoms with E-state index in [9.17, 15) is 14.7 Å². The number of aromatic nitrogens is 2. The maximum Gasteiger partial charge on any atom is 0.419 e. The number of phenolic OH excluding ortho intramolecular Hbond substituents is 1. The fourth-order valence-electron chi connectivity index (χ4n) is 3.30. The van der Waals surface area contributed by atoms with E-state index in [0.717, 1.165) is 0 Å². The second-order valence-electron chi connectivity index (χ2n) is 8.25. The van der Waals surface area contributed by atoms with E-state index in [4.69, 9.17) is 14.2 Å². The van der Waals surface area contributed by atoms with E-state index in [1.54, 1.807) is 40.7 Å². The Kier molecular flexibility index (Phi) is 5.72. The van der Waals surface area contributed by atoms with Crippen LogP contribution in [-0.2, 0) is 20.8 Å². The van der Waals surface area contributed by atoms with Gasteiger partial charge in [0.1, 0.15) is 11.4 Å². The summed E-state index contributed by atoms with van der Waals surface area (Å²) in [7, 11) is 1.50. The molecule has 0 radical (unpaired) electrons. The highest BCUT2D eigenvalue weighted by Gasteiger charge is 2.27. The van der Waals surface area contributed by atoms with Crippen LogP contribution in [0.3, 0.4) is 0 Å². The molecule has 0 fully saturated rings. The molecule has 30 heavy (non-hydrogen) atoms. The number of phenols is 1. The molecule has 0 saturated heterocycles. The zero-order valence-corrected chi connectivity index (χ0v) is 18.0. The predicted molar refractivity (Wildman–Crippen MR) is 112 cm³/mol. The lowest BCUT2D eigenvalue weighted by molar-refractivity contribution is 0.0366. The number of hydrogen-bond donors (Lipinski definition) is 1. The van der Waals surface area contributed by atoms with Crippen LogP contribution in [0.1, 0.15) is 50.7 Å². The van der Waals surface area contributed by atoms with Crippen molar-refractivity contribution in [3.05, 3.63) is 35.7 Å². The number of hydrogen-bond acceptors (Lipinski definition) is 7. The topological polar surface area (TPSA) is 99.9 Å². The van der Waals surface area contributed by atoms with Crippen LogP contribution in [0.2, 0.25) is 0 Å². The van der Waals surface area contributed by atoms with E-state index < -0.39 is 17.7 Å². The third kappa shape index (κ3) is 4.09. The van der Waals surface area contributed by atoms with Crippen LogP contribution in [-0.4, -0.2) is 45.5 Å². The second kappa shape index (κ2) is 7.95. The van der Waals surface area contributed by atoms with Crippen LogP contribution in [0.4, 0.5) is 4.79 Å². The van der Waals surface area contributed by atoms with Crippen molar-refractivity contribution < 1.29 is 28.9 Å². The Balaban J connectivity index is 2.37. The van der Waals surface area contributed by atoms with Crippen molar-refractivity contribution in [2.45, 2.75) is 52.9 Å². The lowest BCUT2D eigenvalue weighted by atomic mass is 10.1. The van der Waals surface area contributed by atoms with Crippen LogP contribution in [0.15, 0.2) is 24.4 Å². The molecule has 0 saturated carbocycles. The molecule has 3 aromatic rings. The van der Waals surface area contributed by atoms with Gasteiger partial charge in [0.15, 0.2) is 5.69 Å². The molecular weight excluding hydrogens is 388 g/mol. The molecule has 0 amide bonds. The molecule has 0 aliphatic rings. The highest BCUT2D eigenvalue weighted by molar-refractivity contribution is 6.15. The average Bonchev–Trinajstić information content (AvgIpc) is 2.94. The number of carbonyl (C=O) groups excluding carboxylic acids is 2. The zero-order valence-electron chi connectivity index (χ0n) is 18.0. The lowest BCUT2D eigenvalue weighted by Crippen LogP contribution is -2.27. The zero-order chi connectivity index (χ0) is 22.2. The van der Waals surface area contributed by atoms with Crippen LogP contribution in [0, 0.1) is 0 Å². The SMILES string of the molecule is COCc1c(C(=O)OC(C)C)ncc2c1c1cc(O)ccc1n2C(=O)OC(C)(C)C. The Labute approximate surface area is 174 Å². The Morgan fingerprint density at radius 2 is 1.90 bits per heavy atom. The minimum Gasteiger partial charge on any atom is -0.508 e. The van der Waals surface area contributed by atoms with Crippen LogP contribution in [0.25, 0.3) is 21.8 Å². The molecule has 2 aromatic heterocycles. The van der Waals surface area contributed by atoms with Gasteiger partial charge in [0.25, 0.3) is 0 Å². The van der Waals surface area contributed by atoms with E-state index in [1.807, 2.05) is 0 Å². The molecule has 160 valence electrons. The summed E-state index contributed by atoms with van der Waals surface area (Å²) >= 11 is 0. The second-order valence-corrected chi connectivity index (χ2v) is 8.25. The van der Waals surface area contributed by atoms with E-state index >= 15 is 0 Å². The number of carbonyl (C=O) groups is 2. The standard InChI is InChI=1S/C22H26N2O6/c1-12(2)29-20(26)19-15(11-28-6)18-14-9-13(25)7-8-16(14)24(17(18)10-23-19)21(27)30-22(3,4)5/h7-10,12,25H,11H2,1-6H3. The fraction of sp³-hybridized carbons (Fsp3) is 0.409. The predicted octanol–water partition coefficient (Wildman–Crippen LogP) is 4.39. The molecule has 1 aromatic carbocycles. The van der Waals surface area contributed by atoms with Gasteiger partial charge in [0.2, 0.25) is 0 Å². The summed E-state index contributed by atoms with van der Waals surface area (Å²) in [5.74, 6) is -0.561. The molecule has 2 heterocycles. The van der Waals surface area contributed by atoms with Gasteiger partial charge in [-0.25, -0.2) is 19.1 Å². The Morgan fingerprint density at radius 1 is 1.20 bits per heavy atom. The first-order valence-electron chi connectivity index (χ1n) is 9.61. The van der Waals surface area contributed by atoms with Crippen LogP contribution >= 0.6 is 0 Å². The summed E-state index contributed by atoms with van der Waals surface area (Å²) in [5.41, 5.74) is 0.826. The summed E-state index contributed by atoms with van der Waals surface area (Å²) in [6.07, 6.45) is 0.528. The normalized spacial score (nSPS) is 12.0. The molecule has 8 heteroatoms. The number of methoxy groups -OCH3 is 1. The van der Waals surface area contributed by atoms with Crippen LogP contribution in [0.5, 0.6) is 5.75 Å². The molecule has 3 rings (SSSR count). The van der Waals surface area contributed by atoms with Crippen molar-refractivity contribution in [2.75, 3.05) is 7.11 Å². The molecule has 0 aliphatic carbocycles. The van der Waals surface area contributed by atoms with E-state index in [1.165, 1.54) is 30.0 Å². The highest BCUT2D eigenvalue weighted by atomic mass is 16.6. The minimum atomic E-state index is -0.708. The summed E-state index contributed by atoms with van der Waals surface area (Å²) in [4.78, 5) is 29.9. The number of pyridine rings is 1. The van der Waals surface area contributed by atoms with Crippen molar-refractivity contribution in [1.82, 2.24) is 9.55 Å². The molecular formula is C22H26N2O6. The summed E-state index contributed by atoms with van der Waals surface area (Å²) in [6, 6.07) is 4.64. The molecule has 0 atom stereocenters. The van der Waals surface area contributed by atoms with Gasteiger partial charge in [-0.15, -0.1) is 0 Å². The third-order valence-corrected chi connectivity index (χ3v) is 4.29. The Morgan fingerprint density at radius 3 is 2.50 bits per heavy atom. The Bertz CT molecular complexity index is 1120. The molecule has 8 nitrogen and oxygen atoms in total. The number of esters is 1. The van der Waals surface area contributed by atoms with Crippen molar-refractivity contribution in [3.8, 4) is 5.75 Å². The molecule has 0 unspecified atom stereocenters. The largest absolute Gasteiger partial charge is 0.508 e. The van der Waals surface area contributed by atoms with E-state index in [-0.39, 0.29) is 24.2 Å². The fourth-order valence-corrected chi connectivity index (χ4v) is 3.30. The van der Waals surface area contributed by atoms with Gasteiger partial charge in [-0.2, -0.15) is 0 Å². The van der Waals surface area contributed by atoms with E-state index in [0.29, 0.717) is 27.4 Å². The number of fused-ring (bicyclic) bond motifs is 3. The minimum absolute atomic E-state index is 0.0252. The number of rotatable bonds is 4. The number of ether oxygens (including phenoxy) is 3. The number of benzene rings is 1. The summed E-state index contributed by atoms with van der Waals surface area (Å²) < 4.78 is 17.6. The van der Waals surface area contributed by atoms with Gasteiger partial charge in [-0.1, -0.05) is 0 Å². The van der Waals surface area contributed by atoms with Gasteiger partial charge in [0, 0.05) is 23.4 Å². The Hall–Kier alpha value is -3.13. The molecule has 0 bridgehead atoms. The highest BCUT2D eigenvalue weighted by Crippen LogP contribution is 2.35. The number of aromatic hydroxyl groups is 1. The first-order valence-corrected chi connectivity index (χ1v) is 9.61. The van der Waals surface area contributed by atoms with Crippen molar-refractivity contribution >= 4 is 33.9 Å². The van der Waals surface area contributed by atoms with E-state index in [2.05, 4.69) is 4.98 Å². The number of nitrogens with zero attached hydrogens (tertiary/aromatic N) is 2. The van der Waals surface area contributed by atoms with Gasteiger partial charge in [-0.3, -0.25) is 0 Å². The van der Waals surface area contributed by atoms with Gasteiger partial charge in [0.05, 0.1) is 29.9 Å². The lowest BCUT2D eigenvalue weighted by Gasteiger charge is -2.20. The smallest absolute Gasteiger partial charge is 0.419 e. The van der Waals surface area contributed by atoms with Gasteiger partial charge < -0.3 is 19.3 Å². The molecule has 1 N–H and O–H groups in total. The van der Waals surface area contributed by atoms with Gasteiger partial charge in [-0.05, 0) is 52.8 Å². The molecule has 0 aliphatic heterocycles. The first-order chi connectivity index (χ1) is 14.0.